The Kier molecular flexibility index (Phi) is 6.20. The van der Waals surface area contributed by atoms with Gasteiger partial charge in [0.2, 0.25) is 4.93 Å². The minimum atomic E-state index is -1.73. The van der Waals surface area contributed by atoms with Crippen LogP contribution in [0.5, 0.6) is 0 Å². The molecule has 0 aromatic rings. The van der Waals surface area contributed by atoms with E-state index in [1.807, 2.05) is 0 Å². The molecule has 9 heteroatoms. The smallest absolute Gasteiger partial charge is 0.346 e. The third-order valence-corrected chi connectivity index (χ3v) is 4.44. The largest absolute Gasteiger partial charge is 0.478 e. The molecule has 1 aliphatic heterocycles. The van der Waals surface area contributed by atoms with Gasteiger partial charge in [-0.15, -0.1) is 11.8 Å². The zero-order chi connectivity index (χ0) is 15.5. The Morgan fingerprint density at radius 1 is 1.55 bits per heavy atom. The van der Waals surface area contributed by atoms with E-state index in [1.165, 1.54) is 0 Å². The van der Waals surface area contributed by atoms with Crippen molar-refractivity contribution in [2.75, 3.05) is 12.4 Å². The molecule has 0 amide bonds. The quantitative estimate of drug-likeness (QED) is 0.318. The third kappa shape index (κ3) is 3.42. The number of aliphatic hydroxyl groups is 4. The van der Waals surface area contributed by atoms with Crippen molar-refractivity contribution in [3.63, 3.8) is 0 Å². The fourth-order valence-corrected chi connectivity index (χ4v) is 3.18. The molecule has 118 valence electrons. The number of carboxylic acids is 1. The van der Waals surface area contributed by atoms with Crippen molar-refractivity contribution < 1.29 is 35.1 Å². The van der Waals surface area contributed by atoms with Crippen LogP contribution in [0.25, 0.3) is 0 Å². The molecule has 1 saturated heterocycles. The first kappa shape index (κ1) is 17.6. The van der Waals surface area contributed by atoms with Crippen LogP contribution in [0.3, 0.4) is 0 Å². The number of hydrogen-bond donors (Lipinski definition) is 6. The minimum Gasteiger partial charge on any atom is -0.478 e. The van der Waals surface area contributed by atoms with Crippen LogP contribution < -0.4 is 5.73 Å². The van der Waals surface area contributed by atoms with Gasteiger partial charge in [-0.2, -0.15) is 0 Å². The minimum absolute atomic E-state index is 0.222. The molecule has 0 aliphatic carbocycles. The maximum atomic E-state index is 11.4. The molecule has 7 N–H and O–H groups in total. The molecule has 1 aliphatic rings. The summed E-state index contributed by atoms with van der Waals surface area (Å²) in [5.41, 5.74) is 5.70. The van der Waals surface area contributed by atoms with Gasteiger partial charge in [0, 0.05) is 6.42 Å². The maximum absolute atomic E-state index is 11.4. The Morgan fingerprint density at radius 3 is 2.60 bits per heavy atom. The first-order valence-electron chi connectivity index (χ1n) is 6.25. The summed E-state index contributed by atoms with van der Waals surface area (Å²) >= 11 is 0.961. The summed E-state index contributed by atoms with van der Waals surface area (Å²) in [6.07, 6.45) is -5.85. The highest BCUT2D eigenvalue weighted by Gasteiger charge is 2.53. The van der Waals surface area contributed by atoms with Crippen molar-refractivity contribution in [3.05, 3.63) is 0 Å². The number of rotatable bonds is 6. The number of ether oxygens (including phenoxy) is 1. The normalized spacial score (nSPS) is 37.4. The topological polar surface area (TPSA) is 153 Å². The first-order valence-corrected chi connectivity index (χ1v) is 7.23. The summed E-state index contributed by atoms with van der Waals surface area (Å²) < 4.78 is 5.40. The molecular formula is C11H21NO7S. The number of aliphatic carboxylic acids is 1. The number of carbonyl (C=O) groups is 1. The van der Waals surface area contributed by atoms with E-state index in [4.69, 9.17) is 15.6 Å². The van der Waals surface area contributed by atoms with Gasteiger partial charge in [-0.05, 0) is 5.75 Å². The van der Waals surface area contributed by atoms with Crippen LogP contribution >= 0.6 is 11.8 Å². The third-order valence-electron chi connectivity index (χ3n) is 3.25. The van der Waals surface area contributed by atoms with Crippen molar-refractivity contribution in [3.8, 4) is 0 Å². The van der Waals surface area contributed by atoms with Gasteiger partial charge in [0.25, 0.3) is 0 Å². The van der Waals surface area contributed by atoms with Crippen molar-refractivity contribution >= 4 is 17.7 Å². The molecule has 1 rings (SSSR count). The van der Waals surface area contributed by atoms with Crippen LogP contribution in [-0.4, -0.2) is 79.3 Å². The molecular weight excluding hydrogens is 290 g/mol. The van der Waals surface area contributed by atoms with E-state index in [0.717, 1.165) is 11.8 Å². The molecule has 0 aromatic heterocycles. The van der Waals surface area contributed by atoms with Gasteiger partial charge < -0.3 is 36.0 Å². The van der Waals surface area contributed by atoms with Gasteiger partial charge in [0.05, 0.1) is 18.8 Å². The van der Waals surface area contributed by atoms with Gasteiger partial charge >= 0.3 is 5.97 Å². The van der Waals surface area contributed by atoms with E-state index in [1.54, 1.807) is 6.92 Å². The molecule has 1 fully saturated rings. The van der Waals surface area contributed by atoms with Crippen LogP contribution in [-0.2, 0) is 9.53 Å². The predicted octanol–water partition coefficient (Wildman–Crippen LogP) is -2.29. The second-order valence-corrected chi connectivity index (χ2v) is 6.19. The lowest BCUT2D eigenvalue weighted by atomic mass is 9.90. The number of aliphatic hydroxyl groups excluding tert-OH is 4. The summed E-state index contributed by atoms with van der Waals surface area (Å²) in [5, 5.41) is 47.4. The Hall–Kier alpha value is -0.420. The highest BCUT2D eigenvalue weighted by Crippen LogP contribution is 2.39. The summed E-state index contributed by atoms with van der Waals surface area (Å²) in [6, 6.07) is -1.06. The summed E-state index contributed by atoms with van der Waals surface area (Å²) in [4.78, 5) is 9.70. The van der Waals surface area contributed by atoms with Crippen molar-refractivity contribution in [1.82, 2.24) is 0 Å². The Labute approximate surface area is 120 Å². The average Bonchev–Trinajstić information content (AvgIpc) is 2.41. The van der Waals surface area contributed by atoms with E-state index >= 15 is 0 Å². The summed E-state index contributed by atoms with van der Waals surface area (Å²) in [5.74, 6) is -0.870. The monoisotopic (exact) mass is 311 g/mol. The van der Waals surface area contributed by atoms with E-state index in [-0.39, 0.29) is 6.42 Å². The SMILES string of the molecule is CCS[C@]1(C(=O)O)C[C@H](O)[C@@H](N)[C@H]([C@H](O)[C@H](O)CO)O1. The van der Waals surface area contributed by atoms with Crippen LogP contribution in [0.2, 0.25) is 0 Å². The Balaban J connectivity index is 3.02. The predicted molar refractivity (Wildman–Crippen MR) is 71.1 cm³/mol. The van der Waals surface area contributed by atoms with Gasteiger partial charge in [-0.1, -0.05) is 6.92 Å². The molecule has 0 radical (unpaired) electrons. The molecule has 8 nitrogen and oxygen atoms in total. The highest BCUT2D eigenvalue weighted by atomic mass is 32.2. The lowest BCUT2D eigenvalue weighted by molar-refractivity contribution is -0.201. The zero-order valence-electron chi connectivity index (χ0n) is 11.0. The second kappa shape index (κ2) is 7.03. The van der Waals surface area contributed by atoms with Gasteiger partial charge in [-0.25, -0.2) is 4.79 Å². The average molecular weight is 311 g/mol. The van der Waals surface area contributed by atoms with E-state index in [9.17, 15) is 25.2 Å². The zero-order valence-corrected chi connectivity index (χ0v) is 11.9. The van der Waals surface area contributed by atoms with Crippen LogP contribution in [0.15, 0.2) is 0 Å². The molecule has 0 saturated carbocycles. The van der Waals surface area contributed by atoms with E-state index in [0.29, 0.717) is 5.75 Å². The molecule has 20 heavy (non-hydrogen) atoms. The molecule has 1 heterocycles. The molecule has 0 spiro atoms. The van der Waals surface area contributed by atoms with E-state index < -0.39 is 48.0 Å². The number of thioether (sulfide) groups is 1. The molecule has 0 bridgehead atoms. The van der Waals surface area contributed by atoms with Crippen LogP contribution in [0.1, 0.15) is 13.3 Å². The lowest BCUT2D eigenvalue weighted by Gasteiger charge is -2.45. The van der Waals surface area contributed by atoms with Gasteiger partial charge in [0.15, 0.2) is 0 Å². The lowest BCUT2D eigenvalue weighted by Crippen LogP contribution is -2.64. The molecule has 6 atom stereocenters. The Morgan fingerprint density at radius 2 is 2.15 bits per heavy atom. The number of carboxylic acid groups (broad SMARTS) is 1. The van der Waals surface area contributed by atoms with Gasteiger partial charge in [-0.3, -0.25) is 0 Å². The van der Waals surface area contributed by atoms with Gasteiger partial charge in [0.1, 0.15) is 18.3 Å². The number of hydrogen-bond acceptors (Lipinski definition) is 8. The standard InChI is InChI=1S/C11H21NO7S/c1-2-20-11(10(17)18)3-5(14)7(12)9(19-11)8(16)6(15)4-13/h5-9,13-16H,2-4,12H2,1H3,(H,17,18)/t5-,6+,7+,8+,9+,11-/m0/s1. The van der Waals surface area contributed by atoms with Crippen molar-refractivity contribution in [2.45, 2.75) is 48.7 Å². The summed E-state index contributed by atoms with van der Waals surface area (Å²) in [7, 11) is 0. The van der Waals surface area contributed by atoms with Crippen LogP contribution in [0.4, 0.5) is 0 Å². The molecule has 0 unspecified atom stereocenters. The fourth-order valence-electron chi connectivity index (χ4n) is 2.13. The fraction of sp³-hybridized carbons (Fsp3) is 0.909. The maximum Gasteiger partial charge on any atom is 0.346 e. The second-order valence-electron chi connectivity index (χ2n) is 4.66. The van der Waals surface area contributed by atoms with E-state index in [2.05, 4.69) is 0 Å². The van der Waals surface area contributed by atoms with Crippen LogP contribution in [0, 0.1) is 0 Å². The summed E-state index contributed by atoms with van der Waals surface area (Å²) in [6.45, 7) is 0.998. The molecule has 0 aromatic carbocycles. The van der Waals surface area contributed by atoms with Crippen molar-refractivity contribution in [2.24, 2.45) is 5.73 Å². The first-order chi connectivity index (χ1) is 9.29. The highest BCUT2D eigenvalue weighted by molar-refractivity contribution is 8.01. The van der Waals surface area contributed by atoms with Crippen molar-refractivity contribution in [1.29, 1.82) is 0 Å². The number of nitrogens with two attached hydrogens (primary N) is 1. The Bertz CT molecular complexity index is 345.